The molecule has 0 rings (SSSR count). The highest BCUT2D eigenvalue weighted by Gasteiger charge is 2.21. The van der Waals surface area contributed by atoms with Crippen LogP contribution in [0.15, 0.2) is 0 Å². The van der Waals surface area contributed by atoms with Crippen LogP contribution in [0.1, 0.15) is 19.8 Å². The standard InChI is InChI=1S/C9H28Si4/c1-9(12-4,13-5)7-6-8(10-2)11-3/h8H,6-7,10-13H2,1-5H3. The van der Waals surface area contributed by atoms with Crippen LogP contribution in [0.5, 0.6) is 0 Å². The van der Waals surface area contributed by atoms with Crippen molar-refractivity contribution < 1.29 is 0 Å². The van der Waals surface area contributed by atoms with E-state index in [9.17, 15) is 0 Å². The molecule has 4 heteroatoms. The normalized spacial score (nSPS) is 21.9. The Hall–Kier alpha value is 0.868. The molecule has 0 fully saturated rings. The number of rotatable bonds is 7. The first-order valence-corrected chi connectivity index (χ1v) is 14.8. The first-order chi connectivity index (χ1) is 6.11. The molecule has 80 valence electrons. The van der Waals surface area contributed by atoms with Crippen molar-refractivity contribution in [2.75, 3.05) is 0 Å². The van der Waals surface area contributed by atoms with E-state index in [0.29, 0.717) is 19.0 Å². The van der Waals surface area contributed by atoms with Gasteiger partial charge in [-0.25, -0.2) is 0 Å². The maximum atomic E-state index is 2.59. The van der Waals surface area contributed by atoms with Gasteiger partial charge in [-0.1, -0.05) is 55.8 Å². The summed E-state index contributed by atoms with van der Waals surface area (Å²) in [5, 5.41) is 1.29. The van der Waals surface area contributed by atoms with Crippen molar-refractivity contribution in [1.29, 1.82) is 0 Å². The summed E-state index contributed by atoms with van der Waals surface area (Å²) >= 11 is 0. The molecule has 0 N–H and O–H groups in total. The Balaban J connectivity index is 3.83. The molecule has 0 saturated carbocycles. The monoisotopic (exact) mass is 248 g/mol. The average molecular weight is 249 g/mol. The fourth-order valence-electron chi connectivity index (χ4n) is 1.85. The molecule has 0 amide bonds. The van der Waals surface area contributed by atoms with E-state index in [0.717, 1.165) is 4.66 Å². The minimum Gasteiger partial charge on any atom is -0.0749 e. The largest absolute Gasteiger partial charge is 0.0749 e. The third kappa shape index (κ3) is 5.34. The highest BCUT2D eigenvalue weighted by molar-refractivity contribution is 6.60. The lowest BCUT2D eigenvalue weighted by Gasteiger charge is -2.27. The maximum Gasteiger partial charge on any atom is 0.0197 e. The summed E-state index contributed by atoms with van der Waals surface area (Å²) in [4.78, 5) is 0. The zero-order valence-corrected chi connectivity index (χ0v) is 16.0. The van der Waals surface area contributed by atoms with Crippen LogP contribution in [-0.2, 0) is 0 Å². The van der Waals surface area contributed by atoms with Gasteiger partial charge in [0.15, 0.2) is 0 Å². The molecule has 0 radical (unpaired) electrons. The Morgan fingerprint density at radius 3 is 1.77 bits per heavy atom. The first-order valence-electron chi connectivity index (χ1n) is 6.11. The molecule has 0 saturated heterocycles. The minimum absolute atomic E-state index is 0.266. The lowest BCUT2D eigenvalue weighted by Crippen LogP contribution is -2.22. The molecule has 0 nitrogen and oxygen atoms in total. The van der Waals surface area contributed by atoms with Crippen LogP contribution in [0.4, 0.5) is 0 Å². The first kappa shape index (κ1) is 13.9. The van der Waals surface area contributed by atoms with Gasteiger partial charge in [0.2, 0.25) is 0 Å². The van der Waals surface area contributed by atoms with Crippen LogP contribution in [-0.4, -0.2) is 38.1 Å². The molecule has 0 atom stereocenters. The molecule has 0 aromatic carbocycles. The second kappa shape index (κ2) is 7.20. The molecule has 0 heterocycles. The Morgan fingerprint density at radius 2 is 1.46 bits per heavy atom. The predicted molar refractivity (Wildman–Crippen MR) is 79.0 cm³/mol. The minimum atomic E-state index is 0.266. The smallest absolute Gasteiger partial charge is 0.0197 e. The molecular formula is C9H28Si4. The van der Waals surface area contributed by atoms with Crippen LogP contribution < -0.4 is 0 Å². The van der Waals surface area contributed by atoms with Crippen molar-refractivity contribution in [2.24, 2.45) is 0 Å². The van der Waals surface area contributed by atoms with Gasteiger partial charge in [0.25, 0.3) is 0 Å². The fourth-order valence-corrected chi connectivity index (χ4v) is 8.50. The lowest BCUT2D eigenvalue weighted by molar-refractivity contribution is 0.684. The average Bonchev–Trinajstić information content (AvgIpc) is 2.19. The van der Waals surface area contributed by atoms with Gasteiger partial charge in [-0.3, -0.25) is 0 Å². The van der Waals surface area contributed by atoms with Crippen molar-refractivity contribution in [1.82, 2.24) is 0 Å². The number of hydrogen-bond donors (Lipinski definition) is 0. The predicted octanol–water partition coefficient (Wildman–Crippen LogP) is 0.516. The molecule has 0 bridgehead atoms. The third-order valence-electron chi connectivity index (χ3n) is 4.02. The number of hydrogen-bond acceptors (Lipinski definition) is 0. The fraction of sp³-hybridized carbons (Fsp3) is 1.00. The Kier molecular flexibility index (Phi) is 7.68. The van der Waals surface area contributed by atoms with E-state index in [4.69, 9.17) is 0 Å². The summed E-state index contributed by atoms with van der Waals surface area (Å²) in [6.45, 7) is 12.7. The summed E-state index contributed by atoms with van der Waals surface area (Å²) < 4.78 is 0.936. The molecule has 0 aromatic rings. The van der Waals surface area contributed by atoms with E-state index in [1.165, 1.54) is 5.16 Å². The van der Waals surface area contributed by atoms with E-state index >= 15 is 0 Å². The van der Waals surface area contributed by atoms with Gasteiger partial charge in [-0.15, -0.1) is 0 Å². The van der Waals surface area contributed by atoms with Crippen molar-refractivity contribution >= 4 is 38.1 Å². The van der Waals surface area contributed by atoms with Crippen molar-refractivity contribution in [3.05, 3.63) is 0 Å². The summed E-state index contributed by atoms with van der Waals surface area (Å²) in [6, 6.07) is 0. The van der Waals surface area contributed by atoms with Gasteiger partial charge < -0.3 is 0 Å². The Morgan fingerprint density at radius 1 is 1.00 bits per heavy atom. The molecule has 13 heavy (non-hydrogen) atoms. The van der Waals surface area contributed by atoms with E-state index in [-0.39, 0.29) is 19.0 Å². The van der Waals surface area contributed by atoms with Gasteiger partial charge >= 0.3 is 0 Å². The van der Waals surface area contributed by atoms with Crippen LogP contribution in [0.25, 0.3) is 0 Å². The third-order valence-corrected chi connectivity index (χ3v) is 17.7. The van der Waals surface area contributed by atoms with Gasteiger partial charge in [0, 0.05) is 38.1 Å². The molecular weight excluding hydrogens is 220 g/mol. The summed E-state index contributed by atoms with van der Waals surface area (Å²) in [5.74, 6) is 0. The van der Waals surface area contributed by atoms with Crippen LogP contribution in [0.3, 0.4) is 0 Å². The van der Waals surface area contributed by atoms with Gasteiger partial charge in [0.05, 0.1) is 0 Å². The van der Waals surface area contributed by atoms with E-state index < -0.39 is 0 Å². The van der Waals surface area contributed by atoms with Crippen molar-refractivity contribution in [3.63, 3.8) is 0 Å². The van der Waals surface area contributed by atoms with E-state index in [2.05, 4.69) is 33.1 Å². The summed E-state index contributed by atoms with van der Waals surface area (Å²) in [5.41, 5.74) is 0. The molecule has 0 unspecified atom stereocenters. The zero-order chi connectivity index (χ0) is 10.3. The Labute approximate surface area is 94.0 Å². The maximum absolute atomic E-state index is 2.59. The molecule has 0 aliphatic rings. The van der Waals surface area contributed by atoms with Gasteiger partial charge in [-0.2, -0.15) is 0 Å². The SMILES string of the molecule is C[SiH2]C(CCC(C)([SiH2]C)[SiH2]C)[SiH2]C. The second-order valence-electron chi connectivity index (χ2n) is 4.74. The summed E-state index contributed by atoms with van der Waals surface area (Å²) in [7, 11) is 1.20. The summed E-state index contributed by atoms with van der Waals surface area (Å²) in [6.07, 6.45) is 3.24. The van der Waals surface area contributed by atoms with Crippen LogP contribution in [0, 0.1) is 0 Å². The topological polar surface area (TPSA) is 0 Å². The molecule has 0 aliphatic heterocycles. The quantitative estimate of drug-likeness (QED) is 0.576. The molecule has 0 aliphatic carbocycles. The second-order valence-corrected chi connectivity index (χ2v) is 15.7. The van der Waals surface area contributed by atoms with Crippen LogP contribution >= 0.6 is 0 Å². The highest BCUT2D eigenvalue weighted by Crippen LogP contribution is 2.31. The highest BCUT2D eigenvalue weighted by atomic mass is 28.3. The van der Waals surface area contributed by atoms with Crippen molar-refractivity contribution in [2.45, 2.75) is 55.8 Å². The van der Waals surface area contributed by atoms with Gasteiger partial charge in [0.1, 0.15) is 0 Å². The van der Waals surface area contributed by atoms with E-state index in [1.807, 2.05) is 0 Å². The molecule has 0 aromatic heterocycles. The lowest BCUT2D eigenvalue weighted by atomic mass is 10.2. The van der Waals surface area contributed by atoms with Crippen LogP contribution in [0.2, 0.25) is 36.0 Å². The zero-order valence-electron chi connectivity index (χ0n) is 10.3. The molecule has 0 spiro atoms. The van der Waals surface area contributed by atoms with E-state index in [1.54, 1.807) is 12.8 Å². The Bertz CT molecular complexity index is 119. The van der Waals surface area contributed by atoms with Crippen molar-refractivity contribution in [3.8, 4) is 0 Å². The van der Waals surface area contributed by atoms with Gasteiger partial charge in [-0.05, 0) is 0 Å².